The lowest BCUT2D eigenvalue weighted by molar-refractivity contribution is -0.137. The Labute approximate surface area is 226 Å². The maximum Gasteiger partial charge on any atom is 0.303 e. The van der Waals surface area contributed by atoms with Gasteiger partial charge in [-0.2, -0.15) is 0 Å². The number of para-hydroxylation sites is 2. The van der Waals surface area contributed by atoms with Crippen LogP contribution < -0.4 is 5.32 Å². The largest absolute Gasteiger partial charge is 0.481 e. The highest BCUT2D eigenvalue weighted by molar-refractivity contribution is 6.32. The predicted molar refractivity (Wildman–Crippen MR) is 149 cm³/mol. The number of anilines is 1. The smallest absolute Gasteiger partial charge is 0.303 e. The monoisotopic (exact) mass is 523 g/mol. The molecule has 5 nitrogen and oxygen atoms in total. The molecule has 200 valence electrons. The number of carboxylic acid groups (broad SMARTS) is 1. The van der Waals surface area contributed by atoms with Crippen molar-refractivity contribution in [1.82, 2.24) is 9.97 Å². The molecule has 4 fully saturated rings. The molecule has 8 atom stereocenters. The second-order valence-electron chi connectivity index (χ2n) is 13.2. The van der Waals surface area contributed by atoms with E-state index < -0.39 is 5.97 Å². The van der Waals surface area contributed by atoms with E-state index in [4.69, 9.17) is 21.7 Å². The number of nitrogens with zero attached hydrogens (tertiary/aromatic N) is 2. The molecule has 2 N–H and O–H groups in total. The summed E-state index contributed by atoms with van der Waals surface area (Å²) in [4.78, 5) is 20.4. The number of halogens is 1. The Morgan fingerprint density at radius 3 is 2.51 bits per heavy atom. The summed E-state index contributed by atoms with van der Waals surface area (Å²) in [5.74, 6) is 4.09. The van der Waals surface area contributed by atoms with E-state index in [0.717, 1.165) is 59.3 Å². The van der Waals surface area contributed by atoms with Gasteiger partial charge in [-0.25, -0.2) is 9.97 Å². The zero-order chi connectivity index (χ0) is 25.8. The van der Waals surface area contributed by atoms with E-state index in [1.807, 2.05) is 24.3 Å². The van der Waals surface area contributed by atoms with E-state index in [-0.39, 0.29) is 0 Å². The van der Waals surface area contributed by atoms with E-state index in [9.17, 15) is 4.79 Å². The average Bonchev–Trinajstić information content (AvgIpc) is 3.21. The first-order valence-corrected chi connectivity index (χ1v) is 15.1. The lowest BCUT2D eigenvalue weighted by Crippen LogP contribution is -2.54. The quantitative estimate of drug-likeness (QED) is 0.401. The summed E-state index contributed by atoms with van der Waals surface area (Å²) in [6, 6.07) is 8.33. The molecule has 6 rings (SSSR count). The molecule has 1 aromatic heterocycles. The van der Waals surface area contributed by atoms with Gasteiger partial charge in [-0.3, -0.25) is 4.79 Å². The summed E-state index contributed by atoms with van der Waals surface area (Å²) < 4.78 is 0. The van der Waals surface area contributed by atoms with Gasteiger partial charge in [0.1, 0.15) is 0 Å². The molecule has 0 amide bonds. The second-order valence-corrected chi connectivity index (χ2v) is 13.6. The van der Waals surface area contributed by atoms with Crippen LogP contribution in [0, 0.1) is 40.4 Å². The Balaban J connectivity index is 1.13. The fourth-order valence-electron chi connectivity index (χ4n) is 9.74. The molecule has 4 saturated carbocycles. The van der Waals surface area contributed by atoms with Gasteiger partial charge in [0, 0.05) is 12.5 Å². The van der Waals surface area contributed by atoms with E-state index in [1.54, 1.807) is 0 Å². The normalized spacial score (nSPS) is 39.0. The molecule has 4 aliphatic carbocycles. The third-order valence-electron chi connectivity index (χ3n) is 11.7. The molecule has 0 radical (unpaired) electrons. The van der Waals surface area contributed by atoms with Crippen LogP contribution in [0.2, 0.25) is 5.15 Å². The van der Waals surface area contributed by atoms with Crippen molar-refractivity contribution in [3.8, 4) is 0 Å². The maximum absolute atomic E-state index is 11.1. The number of carboxylic acids is 1. The number of nitrogens with one attached hydrogen (secondary N) is 1. The fraction of sp³-hybridized carbons (Fsp3) is 0.710. The Morgan fingerprint density at radius 1 is 1.00 bits per heavy atom. The van der Waals surface area contributed by atoms with Crippen LogP contribution in [0.4, 0.5) is 5.82 Å². The average molecular weight is 524 g/mol. The van der Waals surface area contributed by atoms with E-state index in [1.165, 1.54) is 57.8 Å². The number of benzene rings is 1. The third-order valence-corrected chi connectivity index (χ3v) is 11.9. The van der Waals surface area contributed by atoms with Crippen LogP contribution in [0.3, 0.4) is 0 Å². The number of fused-ring (bicyclic) bond motifs is 6. The van der Waals surface area contributed by atoms with Gasteiger partial charge in [0.25, 0.3) is 0 Å². The predicted octanol–water partition coefficient (Wildman–Crippen LogP) is 7.98. The van der Waals surface area contributed by atoms with Crippen LogP contribution in [-0.2, 0) is 4.79 Å². The molecule has 7 unspecified atom stereocenters. The van der Waals surface area contributed by atoms with E-state index >= 15 is 0 Å². The Hall–Kier alpha value is -1.88. The molecule has 1 heterocycles. The summed E-state index contributed by atoms with van der Waals surface area (Å²) >= 11 is 6.54. The lowest BCUT2D eigenvalue weighted by Gasteiger charge is -2.61. The van der Waals surface area contributed by atoms with Crippen molar-refractivity contribution in [1.29, 1.82) is 0 Å². The van der Waals surface area contributed by atoms with Crippen LogP contribution in [0.25, 0.3) is 11.0 Å². The summed E-state index contributed by atoms with van der Waals surface area (Å²) in [5, 5.41) is 13.3. The SMILES string of the molecule is CC12CCC3C(CCC4C[C@H](Nc5nc6ccccc6nc5Cl)CCC43C)C1CCC2CCCC(=O)O. The van der Waals surface area contributed by atoms with Gasteiger partial charge in [-0.15, -0.1) is 0 Å². The molecular formula is C31H42ClN3O2. The number of hydrogen-bond acceptors (Lipinski definition) is 4. The zero-order valence-corrected chi connectivity index (χ0v) is 23.1. The molecule has 0 bridgehead atoms. The van der Waals surface area contributed by atoms with Crippen molar-refractivity contribution in [3.05, 3.63) is 29.4 Å². The van der Waals surface area contributed by atoms with Crippen LogP contribution in [0.1, 0.15) is 90.9 Å². The maximum atomic E-state index is 11.1. The number of rotatable bonds is 6. The highest BCUT2D eigenvalue weighted by Gasteiger charge is 2.59. The minimum absolute atomic E-state index is 0.328. The molecule has 0 aliphatic heterocycles. The topological polar surface area (TPSA) is 75.1 Å². The van der Waals surface area contributed by atoms with Gasteiger partial charge in [-0.05, 0) is 123 Å². The number of carbonyl (C=O) groups is 1. The van der Waals surface area contributed by atoms with Gasteiger partial charge in [0.2, 0.25) is 0 Å². The zero-order valence-electron chi connectivity index (χ0n) is 22.4. The van der Waals surface area contributed by atoms with Gasteiger partial charge in [-0.1, -0.05) is 37.6 Å². The number of hydrogen-bond donors (Lipinski definition) is 2. The van der Waals surface area contributed by atoms with Gasteiger partial charge < -0.3 is 10.4 Å². The second kappa shape index (κ2) is 9.70. The Bertz CT molecular complexity index is 1170. The molecule has 1 aromatic carbocycles. The summed E-state index contributed by atoms with van der Waals surface area (Å²) in [6.45, 7) is 5.19. The van der Waals surface area contributed by atoms with Gasteiger partial charge >= 0.3 is 5.97 Å². The van der Waals surface area contributed by atoms with Crippen molar-refractivity contribution < 1.29 is 9.90 Å². The van der Waals surface area contributed by atoms with Crippen molar-refractivity contribution in [3.63, 3.8) is 0 Å². The number of aliphatic carboxylic acids is 1. The fourth-order valence-corrected chi connectivity index (χ4v) is 9.92. The first-order valence-electron chi connectivity index (χ1n) is 14.7. The standard InChI is InChI=1S/C31H42ClN3O2/c1-30-17-15-24-22(23(30)13-11-19(30)6-5-9-27(36)37)12-10-20-18-21(14-16-31(20,24)2)33-29-28(32)34-25-7-3-4-8-26(25)35-29/h3-4,7-8,19-24H,5-6,9-18H2,1-2H3,(H,33,35)(H,36,37)/t19?,20?,21-,22?,23?,24?,30?,31?/m1/s1. The van der Waals surface area contributed by atoms with Crippen LogP contribution in [0.5, 0.6) is 0 Å². The van der Waals surface area contributed by atoms with Crippen LogP contribution in [0.15, 0.2) is 24.3 Å². The Kier molecular flexibility index (Phi) is 6.66. The molecule has 0 spiro atoms. The first-order chi connectivity index (χ1) is 17.8. The number of aromatic nitrogens is 2. The molecule has 0 saturated heterocycles. The summed E-state index contributed by atoms with van der Waals surface area (Å²) in [7, 11) is 0. The Morgan fingerprint density at radius 2 is 1.73 bits per heavy atom. The summed E-state index contributed by atoms with van der Waals surface area (Å²) in [5.41, 5.74) is 2.59. The highest BCUT2D eigenvalue weighted by atomic mass is 35.5. The molecule has 2 aromatic rings. The van der Waals surface area contributed by atoms with Crippen molar-refractivity contribution in [2.75, 3.05) is 5.32 Å². The van der Waals surface area contributed by atoms with E-state index in [2.05, 4.69) is 24.1 Å². The first kappa shape index (κ1) is 25.4. The van der Waals surface area contributed by atoms with Crippen LogP contribution in [-0.4, -0.2) is 27.1 Å². The van der Waals surface area contributed by atoms with Gasteiger partial charge in [0.05, 0.1) is 11.0 Å². The lowest BCUT2D eigenvalue weighted by atomic mass is 9.44. The summed E-state index contributed by atoms with van der Waals surface area (Å²) in [6.07, 6.45) is 14.0. The minimum atomic E-state index is -0.644. The van der Waals surface area contributed by atoms with Crippen molar-refractivity contribution >= 4 is 34.4 Å². The highest BCUT2D eigenvalue weighted by Crippen LogP contribution is 2.68. The van der Waals surface area contributed by atoms with E-state index in [0.29, 0.717) is 28.4 Å². The molecule has 6 heteroatoms. The van der Waals surface area contributed by atoms with Crippen molar-refractivity contribution in [2.45, 2.75) is 96.9 Å². The molecule has 37 heavy (non-hydrogen) atoms. The third kappa shape index (κ3) is 4.43. The van der Waals surface area contributed by atoms with Gasteiger partial charge in [0.15, 0.2) is 11.0 Å². The van der Waals surface area contributed by atoms with Crippen LogP contribution >= 0.6 is 11.6 Å². The molecular weight excluding hydrogens is 482 g/mol. The molecule has 4 aliphatic rings. The van der Waals surface area contributed by atoms with Crippen molar-refractivity contribution in [2.24, 2.45) is 40.4 Å². The minimum Gasteiger partial charge on any atom is -0.481 e.